The molecule has 1 aliphatic heterocycles. The lowest BCUT2D eigenvalue weighted by molar-refractivity contribution is 0.118. The van der Waals surface area contributed by atoms with Crippen LogP contribution in [-0.2, 0) is 4.74 Å². The Labute approximate surface area is 115 Å². The van der Waals surface area contributed by atoms with Crippen LogP contribution in [0.15, 0.2) is 12.7 Å². The van der Waals surface area contributed by atoms with Crippen molar-refractivity contribution in [1.82, 2.24) is 19.5 Å². The molecule has 1 saturated carbocycles. The third-order valence-corrected chi connectivity index (χ3v) is 4.79. The van der Waals surface area contributed by atoms with Gasteiger partial charge in [0.05, 0.1) is 12.9 Å². The normalized spacial score (nSPS) is 32.9. The minimum absolute atomic E-state index is 0.162. The van der Waals surface area contributed by atoms with E-state index in [1.54, 1.807) is 6.33 Å². The minimum Gasteiger partial charge on any atom is -0.396 e. The van der Waals surface area contributed by atoms with Crippen LogP contribution in [0.2, 0.25) is 0 Å². The first-order valence-corrected chi connectivity index (χ1v) is 6.91. The number of nitrogens with zero attached hydrogens (tertiary/aromatic N) is 4. The first-order valence-electron chi connectivity index (χ1n) is 6.91. The second-order valence-corrected chi connectivity index (χ2v) is 5.69. The lowest BCUT2D eigenvalue weighted by Crippen LogP contribution is -2.23. The Kier molecular flexibility index (Phi) is 2.64. The molecule has 2 aliphatic rings. The fraction of sp³-hybridized carbons (Fsp3) is 0.615. The molecule has 0 radical (unpaired) electrons. The summed E-state index contributed by atoms with van der Waals surface area (Å²) in [5.74, 6) is 1.54. The Balaban J connectivity index is 1.77. The molecule has 0 bridgehead atoms. The number of imidazole rings is 1. The number of aliphatic hydroxyl groups excluding tert-OH is 1. The summed E-state index contributed by atoms with van der Waals surface area (Å²) < 4.78 is 7.58. The van der Waals surface area contributed by atoms with Crippen molar-refractivity contribution >= 4 is 17.0 Å². The molecule has 3 heterocycles. The van der Waals surface area contributed by atoms with Crippen LogP contribution in [0.4, 0.5) is 5.82 Å². The lowest BCUT2D eigenvalue weighted by Gasteiger charge is -2.22. The summed E-state index contributed by atoms with van der Waals surface area (Å²) in [5.41, 5.74) is 7.22. The van der Waals surface area contributed by atoms with Crippen molar-refractivity contribution in [1.29, 1.82) is 0 Å². The van der Waals surface area contributed by atoms with Gasteiger partial charge < -0.3 is 20.1 Å². The number of hydrogen-bond acceptors (Lipinski definition) is 6. The maximum Gasteiger partial charge on any atom is 0.165 e. The van der Waals surface area contributed by atoms with E-state index < -0.39 is 0 Å². The molecule has 4 rings (SSSR count). The van der Waals surface area contributed by atoms with Gasteiger partial charge in [0.25, 0.3) is 0 Å². The minimum atomic E-state index is 0.162. The summed E-state index contributed by atoms with van der Waals surface area (Å²) in [6.07, 6.45) is 4.22. The second kappa shape index (κ2) is 4.39. The van der Waals surface area contributed by atoms with Crippen LogP contribution in [-0.4, -0.2) is 44.4 Å². The molecule has 0 amide bonds. The summed E-state index contributed by atoms with van der Waals surface area (Å²) in [6, 6.07) is 0.207. The van der Waals surface area contributed by atoms with Gasteiger partial charge in [0.15, 0.2) is 11.5 Å². The van der Waals surface area contributed by atoms with Crippen LogP contribution in [0.3, 0.4) is 0 Å². The van der Waals surface area contributed by atoms with Crippen molar-refractivity contribution < 1.29 is 9.84 Å². The van der Waals surface area contributed by atoms with Crippen LogP contribution >= 0.6 is 0 Å². The third-order valence-electron chi connectivity index (χ3n) is 4.79. The maximum absolute atomic E-state index is 9.76. The molecule has 1 saturated heterocycles. The molecule has 3 N–H and O–H groups in total. The molecule has 0 unspecified atom stereocenters. The molecule has 4 atom stereocenters. The monoisotopic (exact) mass is 275 g/mol. The van der Waals surface area contributed by atoms with Gasteiger partial charge in [-0.3, -0.25) is 0 Å². The highest BCUT2D eigenvalue weighted by atomic mass is 16.5. The van der Waals surface area contributed by atoms with Gasteiger partial charge >= 0.3 is 0 Å². The van der Waals surface area contributed by atoms with Gasteiger partial charge in [-0.1, -0.05) is 0 Å². The summed E-state index contributed by atoms with van der Waals surface area (Å²) >= 11 is 0. The number of fused-ring (bicyclic) bond motifs is 2. The lowest BCUT2D eigenvalue weighted by atomic mass is 9.92. The molecular formula is C13H17N5O2. The van der Waals surface area contributed by atoms with Gasteiger partial charge in [0.1, 0.15) is 11.8 Å². The number of anilines is 1. The highest BCUT2D eigenvalue weighted by Gasteiger charge is 2.47. The van der Waals surface area contributed by atoms with E-state index in [1.165, 1.54) is 6.33 Å². The Bertz CT molecular complexity index is 643. The Hall–Kier alpha value is -1.73. The van der Waals surface area contributed by atoms with Gasteiger partial charge in [-0.2, -0.15) is 0 Å². The fourth-order valence-corrected chi connectivity index (χ4v) is 3.79. The van der Waals surface area contributed by atoms with Crippen molar-refractivity contribution in [3.63, 3.8) is 0 Å². The quantitative estimate of drug-likeness (QED) is 0.813. The van der Waals surface area contributed by atoms with E-state index in [4.69, 9.17) is 10.5 Å². The van der Waals surface area contributed by atoms with Gasteiger partial charge in [0, 0.05) is 25.2 Å². The van der Waals surface area contributed by atoms with E-state index in [0.717, 1.165) is 25.3 Å². The number of aliphatic hydroxyl groups is 1. The molecular weight excluding hydrogens is 258 g/mol. The molecule has 106 valence electrons. The van der Waals surface area contributed by atoms with Crippen molar-refractivity contribution in [3.8, 4) is 0 Å². The van der Waals surface area contributed by atoms with Crippen molar-refractivity contribution in [2.24, 2.45) is 17.8 Å². The number of hydrogen-bond donors (Lipinski definition) is 2. The van der Waals surface area contributed by atoms with Gasteiger partial charge in [-0.05, 0) is 18.3 Å². The van der Waals surface area contributed by atoms with E-state index >= 15 is 0 Å². The first kappa shape index (κ1) is 12.0. The van der Waals surface area contributed by atoms with E-state index in [2.05, 4.69) is 15.0 Å². The van der Waals surface area contributed by atoms with Gasteiger partial charge in [-0.25, -0.2) is 15.0 Å². The largest absolute Gasteiger partial charge is 0.396 e. The topological polar surface area (TPSA) is 99.1 Å². The Morgan fingerprint density at radius 3 is 3.10 bits per heavy atom. The van der Waals surface area contributed by atoms with Crippen molar-refractivity contribution in [3.05, 3.63) is 12.7 Å². The Morgan fingerprint density at radius 1 is 1.35 bits per heavy atom. The number of nitrogens with two attached hydrogens (primary N) is 1. The van der Waals surface area contributed by atoms with Crippen LogP contribution in [0.5, 0.6) is 0 Å². The van der Waals surface area contributed by atoms with E-state index in [1.807, 2.05) is 4.57 Å². The highest BCUT2D eigenvalue weighted by Crippen LogP contribution is 2.47. The van der Waals surface area contributed by atoms with E-state index in [-0.39, 0.29) is 18.6 Å². The first-order chi connectivity index (χ1) is 9.79. The van der Waals surface area contributed by atoms with E-state index in [0.29, 0.717) is 23.2 Å². The molecule has 7 nitrogen and oxygen atoms in total. The maximum atomic E-state index is 9.76. The smallest absolute Gasteiger partial charge is 0.165 e. The molecule has 20 heavy (non-hydrogen) atoms. The van der Waals surface area contributed by atoms with Crippen LogP contribution in [0, 0.1) is 17.8 Å². The van der Waals surface area contributed by atoms with Gasteiger partial charge in [-0.15, -0.1) is 0 Å². The van der Waals surface area contributed by atoms with Crippen molar-refractivity contribution in [2.75, 3.05) is 25.6 Å². The molecule has 2 aromatic rings. The standard InChI is InChI=1S/C13H17N5O2/c14-12-11-13(16-5-15-12)18(6-17-11)10-1-7-3-20-4-9(7)8(10)2-19/h5-10,19H,1-4H2,(H2,14,15,16)/t7-,8-,9+,10-/m1/s1. The number of rotatable bonds is 2. The molecule has 1 aliphatic carbocycles. The zero-order chi connectivity index (χ0) is 13.7. The summed E-state index contributed by atoms with van der Waals surface area (Å²) in [5, 5.41) is 9.76. The van der Waals surface area contributed by atoms with E-state index in [9.17, 15) is 5.11 Å². The SMILES string of the molecule is Nc1ncnc2c1ncn2[C@@H]1C[C@@H]2COC[C@@H]2[C@H]1CO. The second-order valence-electron chi connectivity index (χ2n) is 5.69. The van der Waals surface area contributed by atoms with Crippen LogP contribution in [0.1, 0.15) is 12.5 Å². The molecule has 2 fully saturated rings. The number of aromatic nitrogens is 4. The predicted molar refractivity (Wildman–Crippen MR) is 71.8 cm³/mol. The Morgan fingerprint density at radius 2 is 2.25 bits per heavy atom. The summed E-state index contributed by atoms with van der Waals surface area (Å²) in [7, 11) is 0. The van der Waals surface area contributed by atoms with Crippen LogP contribution < -0.4 is 5.73 Å². The number of ether oxygens (including phenoxy) is 1. The van der Waals surface area contributed by atoms with Crippen molar-refractivity contribution in [2.45, 2.75) is 12.5 Å². The predicted octanol–water partition coefficient (Wildman–Crippen LogP) is 0.224. The summed E-state index contributed by atoms with van der Waals surface area (Å²) in [4.78, 5) is 12.6. The molecule has 0 aromatic carbocycles. The highest BCUT2D eigenvalue weighted by molar-refractivity contribution is 5.81. The molecule has 2 aromatic heterocycles. The summed E-state index contributed by atoms with van der Waals surface area (Å²) in [6.45, 7) is 1.70. The fourth-order valence-electron chi connectivity index (χ4n) is 3.79. The number of nitrogen functional groups attached to an aromatic ring is 1. The van der Waals surface area contributed by atoms with Crippen LogP contribution in [0.25, 0.3) is 11.2 Å². The zero-order valence-corrected chi connectivity index (χ0v) is 11.0. The zero-order valence-electron chi connectivity index (χ0n) is 11.0. The average Bonchev–Trinajstić information content (AvgIpc) is 3.11. The molecule has 7 heteroatoms. The third kappa shape index (κ3) is 1.56. The average molecular weight is 275 g/mol. The molecule has 0 spiro atoms. The van der Waals surface area contributed by atoms with Gasteiger partial charge in [0.2, 0.25) is 0 Å².